The smallest absolute Gasteiger partial charge is 0.343 e. The lowest BCUT2D eigenvalue weighted by Crippen LogP contribution is -2.20. The standard InChI is InChI=1S/C56H52O8/c1-33-26-44(18-22-48(33)61-10)55(6,7)45-20-24-50(35(3)28-45)63-53(59)42-16-14-40-32-43(17-15-39(40)31-42)54(60)64-51-25-21-47(29-36(51)4)56(8,9)46-19-23-49(34(2)27-46)62-52(58)41-13-11-12-38(30-41)37(5)57/h11-32H,1-10H3. The highest BCUT2D eigenvalue weighted by atomic mass is 16.5. The fraction of sp³-hybridized carbons (Fsp3) is 0.214. The highest BCUT2D eigenvalue weighted by Crippen LogP contribution is 2.38. The summed E-state index contributed by atoms with van der Waals surface area (Å²) in [6, 6.07) is 40.6. The molecule has 0 bridgehead atoms. The summed E-state index contributed by atoms with van der Waals surface area (Å²) >= 11 is 0. The van der Waals surface area contributed by atoms with Gasteiger partial charge in [0, 0.05) is 16.4 Å². The predicted molar refractivity (Wildman–Crippen MR) is 251 cm³/mol. The maximum atomic E-state index is 13.5. The van der Waals surface area contributed by atoms with Crippen molar-refractivity contribution < 1.29 is 38.1 Å². The number of rotatable bonds is 12. The van der Waals surface area contributed by atoms with Crippen LogP contribution in [0.25, 0.3) is 10.8 Å². The fourth-order valence-electron chi connectivity index (χ4n) is 7.90. The number of carbonyl (C=O) groups excluding carboxylic acids is 4. The maximum absolute atomic E-state index is 13.5. The van der Waals surface area contributed by atoms with E-state index in [0.717, 1.165) is 61.0 Å². The molecular weight excluding hydrogens is 801 g/mol. The van der Waals surface area contributed by atoms with Crippen molar-refractivity contribution in [2.75, 3.05) is 7.11 Å². The number of hydrogen-bond donors (Lipinski definition) is 0. The zero-order chi connectivity index (χ0) is 46.1. The van der Waals surface area contributed by atoms with Crippen LogP contribution >= 0.6 is 0 Å². The average Bonchev–Trinajstić information content (AvgIpc) is 3.27. The van der Waals surface area contributed by atoms with Crippen molar-refractivity contribution in [2.45, 2.75) is 73.1 Å². The van der Waals surface area contributed by atoms with Gasteiger partial charge in [-0.05, 0) is 151 Å². The van der Waals surface area contributed by atoms with Crippen molar-refractivity contribution in [3.63, 3.8) is 0 Å². The van der Waals surface area contributed by atoms with Crippen LogP contribution in [0.2, 0.25) is 0 Å². The van der Waals surface area contributed by atoms with E-state index in [0.29, 0.717) is 39.5 Å². The molecule has 0 saturated heterocycles. The van der Waals surface area contributed by atoms with Gasteiger partial charge in [-0.3, -0.25) is 4.79 Å². The molecule has 0 aliphatic carbocycles. The molecule has 7 aromatic rings. The number of Topliss-reactive ketones (excluding diaryl/α,β-unsaturated/α-hetero) is 1. The van der Waals surface area contributed by atoms with Crippen LogP contribution in [0.4, 0.5) is 0 Å². The van der Waals surface area contributed by atoms with Crippen LogP contribution in [0, 0.1) is 27.7 Å². The first kappa shape index (κ1) is 44.7. The number of carbonyl (C=O) groups is 4. The first-order chi connectivity index (χ1) is 30.3. The number of methoxy groups -OCH3 is 1. The summed E-state index contributed by atoms with van der Waals surface area (Å²) in [5.74, 6) is 0.566. The lowest BCUT2D eigenvalue weighted by molar-refractivity contribution is 0.0724. The van der Waals surface area contributed by atoms with E-state index in [-0.39, 0.29) is 11.2 Å². The Morgan fingerprint density at radius 1 is 0.391 bits per heavy atom. The van der Waals surface area contributed by atoms with Crippen LogP contribution in [0.1, 0.15) is 121 Å². The highest BCUT2D eigenvalue weighted by Gasteiger charge is 2.27. The highest BCUT2D eigenvalue weighted by molar-refractivity contribution is 6.00. The van der Waals surface area contributed by atoms with Crippen LogP contribution in [0.3, 0.4) is 0 Å². The van der Waals surface area contributed by atoms with Gasteiger partial charge in [0.2, 0.25) is 0 Å². The van der Waals surface area contributed by atoms with E-state index >= 15 is 0 Å². The molecule has 324 valence electrons. The van der Waals surface area contributed by atoms with Crippen molar-refractivity contribution in [3.8, 4) is 23.0 Å². The Morgan fingerprint density at radius 2 is 0.719 bits per heavy atom. The first-order valence-electron chi connectivity index (χ1n) is 21.2. The van der Waals surface area contributed by atoms with E-state index in [1.165, 1.54) is 13.0 Å². The predicted octanol–water partition coefficient (Wildman–Crippen LogP) is 12.6. The Hall–Kier alpha value is -7.32. The molecule has 8 heteroatoms. The van der Waals surface area contributed by atoms with Crippen LogP contribution in [0.15, 0.2) is 133 Å². The summed E-state index contributed by atoms with van der Waals surface area (Å²) in [5.41, 5.74) is 8.52. The molecule has 7 aromatic carbocycles. The second-order valence-electron chi connectivity index (χ2n) is 17.5. The fourth-order valence-corrected chi connectivity index (χ4v) is 7.90. The van der Waals surface area contributed by atoms with E-state index in [1.54, 1.807) is 73.8 Å². The molecule has 7 rings (SSSR count). The molecule has 0 N–H and O–H groups in total. The number of aryl methyl sites for hydroxylation is 4. The van der Waals surface area contributed by atoms with Gasteiger partial charge in [-0.2, -0.15) is 0 Å². The zero-order valence-electron chi connectivity index (χ0n) is 38.0. The second-order valence-corrected chi connectivity index (χ2v) is 17.5. The van der Waals surface area contributed by atoms with Crippen molar-refractivity contribution in [1.82, 2.24) is 0 Å². The van der Waals surface area contributed by atoms with E-state index in [4.69, 9.17) is 18.9 Å². The Kier molecular flexibility index (Phi) is 12.4. The van der Waals surface area contributed by atoms with E-state index in [9.17, 15) is 19.2 Å². The van der Waals surface area contributed by atoms with Crippen molar-refractivity contribution in [1.29, 1.82) is 0 Å². The van der Waals surface area contributed by atoms with Gasteiger partial charge in [0.15, 0.2) is 5.78 Å². The Balaban J connectivity index is 0.995. The summed E-state index contributed by atoms with van der Waals surface area (Å²) in [6.45, 7) is 17.8. The molecule has 0 spiro atoms. The molecule has 0 saturated carbocycles. The normalized spacial score (nSPS) is 11.5. The third kappa shape index (κ3) is 9.23. The van der Waals surface area contributed by atoms with Gasteiger partial charge in [0.05, 0.1) is 23.8 Å². The molecule has 0 aliphatic heterocycles. The third-order valence-electron chi connectivity index (χ3n) is 12.2. The lowest BCUT2D eigenvalue weighted by atomic mass is 9.77. The Labute approximate surface area is 374 Å². The van der Waals surface area contributed by atoms with E-state index in [2.05, 4.69) is 45.9 Å². The van der Waals surface area contributed by atoms with Crippen molar-refractivity contribution in [2.24, 2.45) is 0 Å². The van der Waals surface area contributed by atoms with Gasteiger partial charge in [-0.15, -0.1) is 0 Å². The minimum absolute atomic E-state index is 0.128. The zero-order valence-corrected chi connectivity index (χ0v) is 38.0. The van der Waals surface area contributed by atoms with Crippen molar-refractivity contribution >= 4 is 34.5 Å². The number of hydrogen-bond acceptors (Lipinski definition) is 8. The molecule has 0 unspecified atom stereocenters. The monoisotopic (exact) mass is 852 g/mol. The van der Waals surface area contributed by atoms with Crippen LogP contribution < -0.4 is 18.9 Å². The molecule has 0 atom stereocenters. The molecule has 0 heterocycles. The molecule has 8 nitrogen and oxygen atoms in total. The minimum atomic E-state index is -0.538. The van der Waals surface area contributed by atoms with Gasteiger partial charge >= 0.3 is 17.9 Å². The largest absolute Gasteiger partial charge is 0.496 e. The molecule has 0 aromatic heterocycles. The van der Waals surface area contributed by atoms with E-state index < -0.39 is 23.3 Å². The summed E-state index contributed by atoms with van der Waals surface area (Å²) in [6.07, 6.45) is 0. The molecule has 64 heavy (non-hydrogen) atoms. The summed E-state index contributed by atoms with van der Waals surface area (Å²) in [5, 5.41) is 1.55. The Bertz CT molecular complexity index is 2990. The molecule has 0 amide bonds. The number of fused-ring (bicyclic) bond motifs is 1. The number of ether oxygens (including phenoxy) is 4. The minimum Gasteiger partial charge on any atom is -0.496 e. The molecular formula is C56H52O8. The number of benzene rings is 7. The summed E-state index contributed by atoms with van der Waals surface area (Å²) in [7, 11) is 1.67. The summed E-state index contributed by atoms with van der Waals surface area (Å²) in [4.78, 5) is 51.6. The molecule has 0 fully saturated rings. The van der Waals surface area contributed by atoms with Crippen LogP contribution in [-0.4, -0.2) is 30.8 Å². The third-order valence-corrected chi connectivity index (χ3v) is 12.2. The van der Waals surface area contributed by atoms with Gasteiger partial charge < -0.3 is 18.9 Å². The number of ketones is 1. The molecule has 0 aliphatic rings. The maximum Gasteiger partial charge on any atom is 0.343 e. The summed E-state index contributed by atoms with van der Waals surface area (Å²) < 4.78 is 23.0. The quantitative estimate of drug-likeness (QED) is 0.0680. The van der Waals surface area contributed by atoms with Crippen LogP contribution in [0.5, 0.6) is 23.0 Å². The SMILES string of the molecule is COc1ccc(C(C)(C)c2ccc(OC(=O)c3ccc4cc(C(=O)Oc5ccc(C(C)(C)c6ccc(OC(=O)c7cccc(C(C)=O)c7)c(C)c6)cc5C)ccc4c3)c(C)c2)cc1C. The van der Waals surface area contributed by atoms with Gasteiger partial charge in [0.25, 0.3) is 0 Å². The van der Waals surface area contributed by atoms with Gasteiger partial charge in [0.1, 0.15) is 23.0 Å². The molecule has 0 radical (unpaired) electrons. The Morgan fingerprint density at radius 3 is 1.05 bits per heavy atom. The second kappa shape index (κ2) is 17.8. The average molecular weight is 853 g/mol. The van der Waals surface area contributed by atoms with Gasteiger partial charge in [-0.25, -0.2) is 14.4 Å². The lowest BCUT2D eigenvalue weighted by Gasteiger charge is -2.27. The number of esters is 3. The van der Waals surface area contributed by atoms with Crippen LogP contribution in [-0.2, 0) is 10.8 Å². The first-order valence-corrected chi connectivity index (χ1v) is 21.2. The van der Waals surface area contributed by atoms with Crippen molar-refractivity contribution in [3.05, 3.63) is 200 Å². The van der Waals surface area contributed by atoms with Gasteiger partial charge in [-0.1, -0.05) is 100 Å². The van der Waals surface area contributed by atoms with E-state index in [1.807, 2.05) is 70.2 Å². The topological polar surface area (TPSA) is 105 Å².